The van der Waals surface area contributed by atoms with Gasteiger partial charge in [-0.25, -0.2) is 4.68 Å². The van der Waals surface area contributed by atoms with E-state index in [1.54, 1.807) is 28.2 Å². The van der Waals surface area contributed by atoms with Gasteiger partial charge in [0, 0.05) is 17.0 Å². The maximum absolute atomic E-state index is 10.1. The topological polar surface area (TPSA) is 70.1 Å². The lowest BCUT2D eigenvalue weighted by atomic mass is 10.1. The van der Waals surface area contributed by atoms with E-state index < -0.39 is 0 Å². The molecule has 0 fully saturated rings. The fraction of sp³-hybridized carbons (Fsp3) is 0.111. The van der Waals surface area contributed by atoms with Crippen LogP contribution in [0.3, 0.4) is 0 Å². The van der Waals surface area contributed by atoms with Crippen molar-refractivity contribution in [3.8, 4) is 22.1 Å². The van der Waals surface area contributed by atoms with Crippen LogP contribution in [0.5, 0.6) is 11.5 Å². The van der Waals surface area contributed by atoms with Gasteiger partial charge < -0.3 is 10.2 Å². The lowest BCUT2D eigenvalue weighted by molar-refractivity contribution is 0.450. The highest BCUT2D eigenvalue weighted by Gasteiger charge is 2.11. The second-order valence-electron chi connectivity index (χ2n) is 5.21. The molecule has 0 aliphatic carbocycles. The first-order valence-electron chi connectivity index (χ1n) is 7.54. The molecule has 3 rings (SSSR count). The van der Waals surface area contributed by atoms with Gasteiger partial charge in [0.2, 0.25) is 4.80 Å². The van der Waals surface area contributed by atoms with Gasteiger partial charge in [-0.1, -0.05) is 12.1 Å². The van der Waals surface area contributed by atoms with Crippen molar-refractivity contribution in [3.05, 3.63) is 64.1 Å². The van der Waals surface area contributed by atoms with Crippen molar-refractivity contribution in [3.63, 3.8) is 0 Å². The highest BCUT2D eigenvalue weighted by Crippen LogP contribution is 2.26. The second-order valence-corrected chi connectivity index (χ2v) is 6.99. The van der Waals surface area contributed by atoms with E-state index >= 15 is 0 Å². The quantitative estimate of drug-likeness (QED) is 0.525. The lowest BCUT2D eigenvalue weighted by Gasteiger charge is -2.07. The summed E-state index contributed by atoms with van der Waals surface area (Å²) in [5.74, 6) is -0.00230. The van der Waals surface area contributed by atoms with Crippen LogP contribution >= 0.6 is 22.7 Å². The molecule has 2 aromatic heterocycles. The number of hydrogen-bond acceptors (Lipinski definition) is 6. The van der Waals surface area contributed by atoms with E-state index in [1.807, 2.05) is 29.8 Å². The third-order valence-corrected chi connectivity index (χ3v) is 5.18. The Kier molecular flexibility index (Phi) is 5.16. The Morgan fingerprint density at radius 2 is 2.12 bits per heavy atom. The molecule has 5 nitrogen and oxygen atoms in total. The van der Waals surface area contributed by atoms with Gasteiger partial charge in [-0.15, -0.1) is 29.3 Å². The third-order valence-electron chi connectivity index (χ3n) is 3.44. The van der Waals surface area contributed by atoms with Crippen molar-refractivity contribution in [2.24, 2.45) is 10.1 Å². The van der Waals surface area contributed by atoms with Crippen LogP contribution in [0, 0.1) is 0 Å². The summed E-state index contributed by atoms with van der Waals surface area (Å²) in [4.78, 5) is 6.33. The number of aromatic hydroxyl groups is 2. The molecule has 2 N–H and O–H groups in total. The van der Waals surface area contributed by atoms with E-state index in [9.17, 15) is 10.2 Å². The zero-order chi connectivity index (χ0) is 17.8. The first-order chi connectivity index (χ1) is 12.1. The molecule has 1 aromatic carbocycles. The van der Waals surface area contributed by atoms with Gasteiger partial charge in [0.1, 0.15) is 11.5 Å². The number of phenolic OH excluding ortho intramolecular Hbond substituents is 2. The van der Waals surface area contributed by atoms with Crippen LogP contribution in [-0.2, 0) is 0 Å². The van der Waals surface area contributed by atoms with E-state index in [1.165, 1.54) is 23.5 Å². The number of rotatable bonds is 5. The van der Waals surface area contributed by atoms with Crippen molar-refractivity contribution in [2.45, 2.75) is 6.92 Å². The minimum Gasteiger partial charge on any atom is -0.508 e. The summed E-state index contributed by atoms with van der Waals surface area (Å²) in [6, 6.07) is 8.49. The third kappa shape index (κ3) is 3.72. The molecule has 2 heterocycles. The summed E-state index contributed by atoms with van der Waals surface area (Å²) in [5, 5.41) is 28.2. The zero-order valence-corrected chi connectivity index (χ0v) is 15.2. The van der Waals surface area contributed by atoms with Gasteiger partial charge in [-0.3, -0.25) is 4.99 Å². The zero-order valence-electron chi connectivity index (χ0n) is 13.6. The van der Waals surface area contributed by atoms with E-state index in [0.29, 0.717) is 17.8 Å². The summed E-state index contributed by atoms with van der Waals surface area (Å²) >= 11 is 3.13. The Bertz CT molecular complexity index is 982. The fourth-order valence-electron chi connectivity index (χ4n) is 2.27. The lowest BCUT2D eigenvalue weighted by Crippen LogP contribution is -2.14. The maximum atomic E-state index is 10.1. The number of phenols is 2. The molecular formula is C18H17N3O2S2. The molecule has 0 aliphatic rings. The van der Waals surface area contributed by atoms with Crippen LogP contribution < -0.4 is 4.80 Å². The highest BCUT2D eigenvalue weighted by molar-refractivity contribution is 7.14. The van der Waals surface area contributed by atoms with Crippen molar-refractivity contribution in [2.75, 3.05) is 6.54 Å². The number of thiazole rings is 1. The number of hydrogen-bond donors (Lipinski definition) is 2. The van der Waals surface area contributed by atoms with Gasteiger partial charge in [0.15, 0.2) is 0 Å². The molecule has 0 spiro atoms. The van der Waals surface area contributed by atoms with Crippen LogP contribution in [0.25, 0.3) is 10.6 Å². The Morgan fingerprint density at radius 1 is 1.28 bits per heavy atom. The Balaban J connectivity index is 2.14. The Morgan fingerprint density at radius 3 is 2.80 bits per heavy atom. The number of benzene rings is 1. The van der Waals surface area contributed by atoms with Gasteiger partial charge >= 0.3 is 0 Å². The van der Waals surface area contributed by atoms with Gasteiger partial charge in [-0.05, 0) is 30.5 Å². The fourth-order valence-corrected chi connectivity index (χ4v) is 3.91. The summed E-state index contributed by atoms with van der Waals surface area (Å²) in [6.45, 7) is 6.02. The average Bonchev–Trinajstić information content (AvgIpc) is 3.22. The van der Waals surface area contributed by atoms with E-state index in [4.69, 9.17) is 0 Å². The maximum Gasteiger partial charge on any atom is 0.206 e. The highest BCUT2D eigenvalue weighted by atomic mass is 32.1. The van der Waals surface area contributed by atoms with E-state index in [0.717, 1.165) is 15.4 Å². The minimum atomic E-state index is -0.0145. The number of aromatic nitrogens is 1. The molecular weight excluding hydrogens is 354 g/mol. The Hall–Kier alpha value is -2.64. The molecule has 0 saturated heterocycles. The molecule has 128 valence electrons. The second kappa shape index (κ2) is 7.50. The first-order valence-corrected chi connectivity index (χ1v) is 9.30. The summed E-state index contributed by atoms with van der Waals surface area (Å²) < 4.78 is 1.78. The van der Waals surface area contributed by atoms with Crippen molar-refractivity contribution >= 4 is 28.4 Å². The van der Waals surface area contributed by atoms with Crippen LogP contribution in [0.15, 0.2) is 63.8 Å². The molecule has 0 saturated carbocycles. The molecule has 0 radical (unpaired) electrons. The van der Waals surface area contributed by atoms with Crippen LogP contribution in [0.2, 0.25) is 0 Å². The largest absolute Gasteiger partial charge is 0.508 e. The normalized spacial score (nSPS) is 12.5. The average molecular weight is 371 g/mol. The standard InChI is InChI=1S/C18H17N3O2S2/c1-3-8-19-18-21(15(11-25-18)17-5-4-9-24-17)20-12(2)14-7-6-13(22)10-16(14)23/h3-7,9-11,22-23H,1,8H2,2H3. The van der Waals surface area contributed by atoms with Gasteiger partial charge in [-0.2, -0.15) is 5.10 Å². The van der Waals surface area contributed by atoms with Gasteiger partial charge in [0.05, 0.1) is 22.8 Å². The van der Waals surface area contributed by atoms with Crippen LogP contribution in [0.1, 0.15) is 12.5 Å². The Labute approximate surface area is 153 Å². The first kappa shape index (κ1) is 17.2. The van der Waals surface area contributed by atoms with E-state index in [2.05, 4.69) is 16.7 Å². The molecule has 0 amide bonds. The molecule has 0 unspecified atom stereocenters. The van der Waals surface area contributed by atoms with E-state index in [-0.39, 0.29) is 11.5 Å². The van der Waals surface area contributed by atoms with Gasteiger partial charge in [0.25, 0.3) is 0 Å². The van der Waals surface area contributed by atoms with Crippen LogP contribution in [-0.4, -0.2) is 27.1 Å². The molecule has 25 heavy (non-hydrogen) atoms. The minimum absolute atomic E-state index is 0.0122. The molecule has 0 atom stereocenters. The number of nitrogens with zero attached hydrogens (tertiary/aromatic N) is 3. The monoisotopic (exact) mass is 371 g/mol. The summed E-state index contributed by atoms with van der Waals surface area (Å²) in [6.07, 6.45) is 1.73. The van der Waals surface area contributed by atoms with Crippen LogP contribution in [0.4, 0.5) is 0 Å². The molecule has 3 aromatic rings. The predicted molar refractivity (Wildman–Crippen MR) is 104 cm³/mol. The molecule has 0 bridgehead atoms. The van der Waals surface area contributed by atoms with Crippen molar-refractivity contribution < 1.29 is 10.2 Å². The molecule has 7 heteroatoms. The smallest absolute Gasteiger partial charge is 0.206 e. The molecule has 0 aliphatic heterocycles. The summed E-state index contributed by atoms with van der Waals surface area (Å²) in [5.41, 5.74) is 2.12. The van der Waals surface area contributed by atoms with Crippen molar-refractivity contribution in [1.82, 2.24) is 4.68 Å². The predicted octanol–water partition coefficient (Wildman–Crippen LogP) is 4.05. The summed E-state index contributed by atoms with van der Waals surface area (Å²) in [7, 11) is 0. The number of thiophene rings is 1. The SMILES string of the molecule is C=CCN=c1scc(-c2cccs2)n1N=C(C)c1ccc(O)cc1O. The van der Waals surface area contributed by atoms with Crippen molar-refractivity contribution in [1.29, 1.82) is 0 Å².